The van der Waals surface area contributed by atoms with E-state index >= 15 is 0 Å². The average molecular weight is 344 g/mol. The maximum atomic E-state index is 13.0. The standard InChI is InChI=1S/C18H21FN4O2/c1-2-9-20-16(24)12-23-10-3-4-14(11-23)18-21-17(22-25-18)13-5-7-15(19)8-6-13/h2,5-8,14H,1,3-4,9-12H2,(H,20,24)/t14-/m0/s1. The number of aromatic nitrogens is 2. The van der Waals surface area contributed by atoms with E-state index in [2.05, 4.69) is 26.9 Å². The zero-order chi connectivity index (χ0) is 17.6. The van der Waals surface area contributed by atoms with Crippen molar-refractivity contribution < 1.29 is 13.7 Å². The second-order valence-electron chi connectivity index (χ2n) is 6.13. The van der Waals surface area contributed by atoms with Crippen LogP contribution < -0.4 is 5.32 Å². The van der Waals surface area contributed by atoms with Gasteiger partial charge in [0, 0.05) is 18.7 Å². The lowest BCUT2D eigenvalue weighted by atomic mass is 9.98. The van der Waals surface area contributed by atoms with Crippen LogP contribution in [0.4, 0.5) is 4.39 Å². The number of rotatable bonds is 6. The first-order valence-corrected chi connectivity index (χ1v) is 8.35. The van der Waals surface area contributed by atoms with Crippen molar-refractivity contribution in [3.63, 3.8) is 0 Å². The largest absolute Gasteiger partial charge is 0.352 e. The summed E-state index contributed by atoms with van der Waals surface area (Å²) in [7, 11) is 0. The highest BCUT2D eigenvalue weighted by Crippen LogP contribution is 2.27. The van der Waals surface area contributed by atoms with Gasteiger partial charge >= 0.3 is 0 Å². The van der Waals surface area contributed by atoms with Crippen molar-refractivity contribution in [3.05, 3.63) is 48.6 Å². The van der Waals surface area contributed by atoms with Crippen molar-refractivity contribution in [2.24, 2.45) is 0 Å². The Morgan fingerprint density at radius 2 is 2.24 bits per heavy atom. The molecule has 25 heavy (non-hydrogen) atoms. The summed E-state index contributed by atoms with van der Waals surface area (Å²) in [6.07, 6.45) is 3.57. The lowest BCUT2D eigenvalue weighted by Crippen LogP contribution is -2.42. The van der Waals surface area contributed by atoms with Crippen LogP contribution in [0.2, 0.25) is 0 Å². The molecular weight excluding hydrogens is 323 g/mol. The Morgan fingerprint density at radius 3 is 3.00 bits per heavy atom. The van der Waals surface area contributed by atoms with E-state index in [0.717, 1.165) is 19.4 Å². The molecule has 1 fully saturated rings. The van der Waals surface area contributed by atoms with Gasteiger partial charge in [0.05, 0.1) is 12.5 Å². The Labute approximate surface area is 145 Å². The number of nitrogens with zero attached hydrogens (tertiary/aromatic N) is 3. The summed E-state index contributed by atoms with van der Waals surface area (Å²) in [5.74, 6) is 0.803. The molecule has 0 bridgehead atoms. The van der Waals surface area contributed by atoms with Crippen LogP contribution in [0, 0.1) is 5.82 Å². The van der Waals surface area contributed by atoms with Crippen LogP contribution in [-0.4, -0.2) is 47.1 Å². The van der Waals surface area contributed by atoms with Gasteiger partial charge in [0.15, 0.2) is 0 Å². The maximum Gasteiger partial charge on any atom is 0.234 e. The topological polar surface area (TPSA) is 71.3 Å². The van der Waals surface area contributed by atoms with Gasteiger partial charge in [0.1, 0.15) is 5.82 Å². The molecule has 1 aromatic heterocycles. The summed E-state index contributed by atoms with van der Waals surface area (Å²) in [6.45, 7) is 5.98. The number of amides is 1. The number of carbonyl (C=O) groups is 1. The van der Waals surface area contributed by atoms with Crippen LogP contribution in [0.5, 0.6) is 0 Å². The van der Waals surface area contributed by atoms with Crippen molar-refractivity contribution >= 4 is 5.91 Å². The first-order chi connectivity index (χ1) is 12.2. The van der Waals surface area contributed by atoms with Crippen LogP contribution in [0.1, 0.15) is 24.7 Å². The zero-order valence-corrected chi connectivity index (χ0v) is 13.9. The Morgan fingerprint density at radius 1 is 1.44 bits per heavy atom. The molecule has 7 heteroatoms. The Bertz CT molecular complexity index is 729. The smallest absolute Gasteiger partial charge is 0.234 e. The first kappa shape index (κ1) is 17.3. The third-order valence-electron chi connectivity index (χ3n) is 4.21. The molecule has 0 radical (unpaired) electrons. The molecule has 1 aromatic carbocycles. The number of hydrogen-bond donors (Lipinski definition) is 1. The molecule has 2 aromatic rings. The second-order valence-corrected chi connectivity index (χ2v) is 6.13. The average Bonchev–Trinajstić information content (AvgIpc) is 3.11. The maximum absolute atomic E-state index is 13.0. The van der Waals surface area contributed by atoms with E-state index in [1.807, 2.05) is 0 Å². The first-order valence-electron chi connectivity index (χ1n) is 8.35. The number of carbonyl (C=O) groups excluding carboxylic acids is 1. The van der Waals surface area contributed by atoms with E-state index in [1.165, 1.54) is 12.1 Å². The number of piperidine rings is 1. The SMILES string of the molecule is C=CCNC(=O)CN1CCC[C@H](c2nc(-c3ccc(F)cc3)no2)C1. The van der Waals surface area contributed by atoms with Crippen molar-refractivity contribution in [1.82, 2.24) is 20.4 Å². The Kier molecular flexibility index (Phi) is 5.55. The predicted octanol–water partition coefficient (Wildman–Crippen LogP) is 2.36. The van der Waals surface area contributed by atoms with Gasteiger partial charge < -0.3 is 9.84 Å². The fourth-order valence-electron chi connectivity index (χ4n) is 2.96. The van der Waals surface area contributed by atoms with Crippen molar-refractivity contribution in [1.29, 1.82) is 0 Å². The highest BCUT2D eigenvalue weighted by molar-refractivity contribution is 5.78. The third-order valence-corrected chi connectivity index (χ3v) is 4.21. The van der Waals surface area contributed by atoms with Gasteiger partial charge in [-0.15, -0.1) is 6.58 Å². The van der Waals surface area contributed by atoms with Crippen LogP contribution in [0.15, 0.2) is 41.4 Å². The van der Waals surface area contributed by atoms with Gasteiger partial charge in [-0.3, -0.25) is 9.69 Å². The second kappa shape index (κ2) is 8.02. The normalized spacial score (nSPS) is 18.0. The molecule has 132 valence electrons. The van der Waals surface area contributed by atoms with E-state index in [9.17, 15) is 9.18 Å². The van der Waals surface area contributed by atoms with Crippen molar-refractivity contribution in [2.45, 2.75) is 18.8 Å². The van der Waals surface area contributed by atoms with Crippen LogP contribution >= 0.6 is 0 Å². The molecule has 1 amide bonds. The van der Waals surface area contributed by atoms with Crippen LogP contribution in [0.25, 0.3) is 11.4 Å². The molecule has 1 atom stereocenters. The molecule has 1 N–H and O–H groups in total. The number of benzene rings is 1. The molecule has 3 rings (SSSR count). The Balaban J connectivity index is 1.63. The van der Waals surface area contributed by atoms with E-state index in [4.69, 9.17) is 4.52 Å². The Hall–Kier alpha value is -2.54. The zero-order valence-electron chi connectivity index (χ0n) is 13.9. The molecule has 2 heterocycles. The minimum atomic E-state index is -0.301. The molecule has 0 unspecified atom stereocenters. The number of likely N-dealkylation sites (tertiary alicyclic amines) is 1. The van der Waals surface area contributed by atoms with Crippen LogP contribution in [0.3, 0.4) is 0 Å². The van der Waals surface area contributed by atoms with Gasteiger partial charge in [-0.1, -0.05) is 11.2 Å². The van der Waals surface area contributed by atoms with Gasteiger partial charge in [0.25, 0.3) is 0 Å². The summed E-state index contributed by atoms with van der Waals surface area (Å²) in [5, 5.41) is 6.78. The quantitative estimate of drug-likeness (QED) is 0.815. The van der Waals surface area contributed by atoms with Crippen molar-refractivity contribution in [3.8, 4) is 11.4 Å². The van der Waals surface area contributed by atoms with Gasteiger partial charge in [-0.2, -0.15) is 4.98 Å². The molecule has 0 aliphatic carbocycles. The van der Waals surface area contributed by atoms with E-state index in [-0.39, 0.29) is 17.6 Å². The van der Waals surface area contributed by atoms with E-state index < -0.39 is 0 Å². The van der Waals surface area contributed by atoms with Gasteiger partial charge in [-0.05, 0) is 43.7 Å². The molecule has 0 spiro atoms. The third kappa shape index (κ3) is 4.51. The molecule has 1 aliphatic heterocycles. The lowest BCUT2D eigenvalue weighted by Gasteiger charge is -2.30. The lowest BCUT2D eigenvalue weighted by molar-refractivity contribution is -0.122. The molecule has 1 aliphatic rings. The predicted molar refractivity (Wildman–Crippen MR) is 91.3 cm³/mol. The minimum Gasteiger partial charge on any atom is -0.352 e. The van der Waals surface area contributed by atoms with Crippen molar-refractivity contribution in [2.75, 3.05) is 26.2 Å². The van der Waals surface area contributed by atoms with Gasteiger partial charge in [0.2, 0.25) is 17.6 Å². The number of halogens is 1. The molecular formula is C18H21FN4O2. The number of nitrogens with one attached hydrogen (secondary N) is 1. The fraction of sp³-hybridized carbons (Fsp3) is 0.389. The summed E-state index contributed by atoms with van der Waals surface area (Å²) in [5.41, 5.74) is 0.716. The summed E-state index contributed by atoms with van der Waals surface area (Å²) in [4.78, 5) is 18.4. The molecule has 6 nitrogen and oxygen atoms in total. The summed E-state index contributed by atoms with van der Waals surface area (Å²) in [6, 6.07) is 5.99. The van der Waals surface area contributed by atoms with Gasteiger partial charge in [-0.25, -0.2) is 4.39 Å². The monoisotopic (exact) mass is 344 g/mol. The highest BCUT2D eigenvalue weighted by atomic mass is 19.1. The number of hydrogen-bond acceptors (Lipinski definition) is 5. The summed E-state index contributed by atoms with van der Waals surface area (Å²) >= 11 is 0. The fourth-order valence-corrected chi connectivity index (χ4v) is 2.96. The molecule has 1 saturated heterocycles. The summed E-state index contributed by atoms with van der Waals surface area (Å²) < 4.78 is 18.4. The molecule has 0 saturated carbocycles. The van der Waals surface area contributed by atoms with E-state index in [1.54, 1.807) is 18.2 Å². The highest BCUT2D eigenvalue weighted by Gasteiger charge is 2.27. The van der Waals surface area contributed by atoms with Crippen LogP contribution in [-0.2, 0) is 4.79 Å². The minimum absolute atomic E-state index is 0.0157. The van der Waals surface area contributed by atoms with E-state index in [0.29, 0.717) is 36.9 Å².